The number of hydrogen-bond acceptors (Lipinski definition) is 6. The van der Waals surface area contributed by atoms with Gasteiger partial charge in [0.1, 0.15) is 10.6 Å². The van der Waals surface area contributed by atoms with Crippen molar-refractivity contribution in [3.8, 4) is 0 Å². The lowest BCUT2D eigenvalue weighted by Gasteiger charge is -2.23. The number of aromatic nitrogens is 1. The maximum atomic E-state index is 12.1. The summed E-state index contributed by atoms with van der Waals surface area (Å²) in [5.41, 5.74) is 6.26. The minimum absolute atomic E-state index is 0.0720. The van der Waals surface area contributed by atoms with E-state index in [0.717, 1.165) is 31.1 Å². The largest absolute Gasteiger partial charge is 0.382 e. The average Bonchev–Trinajstić information content (AvgIpc) is 2.71. The monoisotopic (exact) mass is 284 g/mol. The van der Waals surface area contributed by atoms with Gasteiger partial charge in [-0.3, -0.25) is 4.79 Å². The first kappa shape index (κ1) is 14.1. The number of hydrogen-bond donors (Lipinski definition) is 3. The Labute approximate surface area is 116 Å². The fraction of sp³-hybridized carbons (Fsp3) is 0.667. The first-order valence-corrected chi connectivity index (χ1v) is 7.25. The summed E-state index contributed by atoms with van der Waals surface area (Å²) in [5, 5.41) is 6.96. The van der Waals surface area contributed by atoms with Crippen LogP contribution in [0.3, 0.4) is 0 Å². The molecule has 2 rings (SSSR count). The predicted molar refractivity (Wildman–Crippen MR) is 76.6 cm³/mol. The molecule has 1 fully saturated rings. The van der Waals surface area contributed by atoms with Gasteiger partial charge in [-0.05, 0) is 38.2 Å². The van der Waals surface area contributed by atoms with Gasteiger partial charge in [-0.1, -0.05) is 0 Å². The smallest absolute Gasteiger partial charge is 0.258 e. The second kappa shape index (κ2) is 6.21. The molecule has 0 spiro atoms. The fourth-order valence-corrected chi connectivity index (χ4v) is 2.77. The quantitative estimate of drug-likeness (QED) is 0.779. The Morgan fingerprint density at radius 3 is 2.79 bits per heavy atom. The third-order valence-electron chi connectivity index (χ3n) is 2.92. The second-order valence-electron chi connectivity index (χ2n) is 4.93. The number of nitrogens with two attached hydrogens (primary N) is 1. The van der Waals surface area contributed by atoms with E-state index in [-0.39, 0.29) is 17.8 Å². The highest BCUT2D eigenvalue weighted by molar-refractivity contribution is 7.11. The Balaban J connectivity index is 2.10. The number of amides is 1. The summed E-state index contributed by atoms with van der Waals surface area (Å²) < 4.78 is 9.39. The van der Waals surface area contributed by atoms with E-state index >= 15 is 0 Å². The van der Waals surface area contributed by atoms with Crippen LogP contribution in [-0.2, 0) is 4.74 Å². The van der Waals surface area contributed by atoms with Gasteiger partial charge in [0, 0.05) is 25.3 Å². The summed E-state index contributed by atoms with van der Waals surface area (Å²) in [5.74, 6) is 0.119. The molecule has 1 aromatic heterocycles. The molecular weight excluding hydrogens is 264 g/mol. The minimum Gasteiger partial charge on any atom is -0.382 e. The number of nitrogen functional groups attached to an aromatic ring is 1. The third-order valence-corrected chi connectivity index (χ3v) is 3.71. The molecule has 1 aromatic rings. The van der Waals surface area contributed by atoms with Crippen molar-refractivity contribution in [1.29, 1.82) is 0 Å². The third kappa shape index (κ3) is 3.57. The molecule has 7 heteroatoms. The Kier molecular flexibility index (Phi) is 4.60. The molecule has 2 heterocycles. The molecule has 0 unspecified atom stereocenters. The number of carbonyl (C=O) groups is 1. The number of ether oxygens (including phenoxy) is 1. The van der Waals surface area contributed by atoms with E-state index in [4.69, 9.17) is 10.5 Å². The molecule has 1 aliphatic rings. The lowest BCUT2D eigenvalue weighted by atomic mass is 10.1. The SMILES string of the molecule is CC(C)NC(=O)c1c(N)nsc1NC1CCOCC1. The Bertz CT molecular complexity index is 441. The Morgan fingerprint density at radius 1 is 1.47 bits per heavy atom. The van der Waals surface area contributed by atoms with Crippen LogP contribution in [0.15, 0.2) is 0 Å². The lowest BCUT2D eigenvalue weighted by molar-refractivity contribution is 0.0904. The van der Waals surface area contributed by atoms with E-state index < -0.39 is 0 Å². The molecule has 1 saturated heterocycles. The summed E-state index contributed by atoms with van der Waals surface area (Å²) in [6.45, 7) is 5.33. The standard InChI is InChI=1S/C12H20N4O2S/c1-7(2)14-11(17)9-10(13)16-19-12(9)15-8-3-5-18-6-4-8/h7-8,15H,3-6H2,1-2H3,(H2,13,16)(H,14,17). The van der Waals surface area contributed by atoms with Gasteiger partial charge in [-0.25, -0.2) is 0 Å². The second-order valence-corrected chi connectivity index (χ2v) is 5.70. The number of nitrogens with zero attached hydrogens (tertiary/aromatic N) is 1. The van der Waals surface area contributed by atoms with Crippen LogP contribution in [-0.4, -0.2) is 35.6 Å². The Hall–Kier alpha value is -1.34. The first-order chi connectivity index (χ1) is 9.08. The van der Waals surface area contributed by atoms with Crippen LogP contribution in [0.2, 0.25) is 0 Å². The van der Waals surface area contributed by atoms with Crippen molar-refractivity contribution in [2.75, 3.05) is 24.3 Å². The molecule has 6 nitrogen and oxygen atoms in total. The normalized spacial score (nSPS) is 16.6. The van der Waals surface area contributed by atoms with Gasteiger partial charge in [0.15, 0.2) is 5.82 Å². The fourth-order valence-electron chi connectivity index (χ4n) is 1.98. The summed E-state index contributed by atoms with van der Waals surface area (Å²) in [4.78, 5) is 12.1. The van der Waals surface area contributed by atoms with Crippen LogP contribution in [0.25, 0.3) is 0 Å². The average molecular weight is 284 g/mol. The van der Waals surface area contributed by atoms with Crippen LogP contribution < -0.4 is 16.4 Å². The van der Waals surface area contributed by atoms with Gasteiger partial charge in [0.25, 0.3) is 5.91 Å². The number of rotatable bonds is 4. The van der Waals surface area contributed by atoms with E-state index in [2.05, 4.69) is 15.0 Å². The van der Waals surface area contributed by atoms with Crippen molar-refractivity contribution in [3.05, 3.63) is 5.56 Å². The molecule has 19 heavy (non-hydrogen) atoms. The maximum absolute atomic E-state index is 12.1. The molecule has 1 amide bonds. The van der Waals surface area contributed by atoms with Crippen molar-refractivity contribution in [2.45, 2.75) is 38.8 Å². The molecule has 0 aromatic carbocycles. The van der Waals surface area contributed by atoms with Gasteiger partial charge in [-0.2, -0.15) is 4.37 Å². The number of nitrogens with one attached hydrogen (secondary N) is 2. The molecule has 0 bridgehead atoms. The number of anilines is 2. The molecule has 0 radical (unpaired) electrons. The zero-order chi connectivity index (χ0) is 13.8. The van der Waals surface area contributed by atoms with Crippen molar-refractivity contribution in [3.63, 3.8) is 0 Å². The molecule has 1 aliphatic heterocycles. The summed E-state index contributed by atoms with van der Waals surface area (Å²) in [7, 11) is 0. The topological polar surface area (TPSA) is 89.3 Å². The molecule has 4 N–H and O–H groups in total. The molecule has 0 aliphatic carbocycles. The van der Waals surface area contributed by atoms with E-state index in [9.17, 15) is 4.79 Å². The van der Waals surface area contributed by atoms with Crippen molar-refractivity contribution < 1.29 is 9.53 Å². The summed E-state index contributed by atoms with van der Waals surface area (Å²) >= 11 is 1.24. The van der Waals surface area contributed by atoms with Crippen molar-refractivity contribution in [2.24, 2.45) is 0 Å². The Morgan fingerprint density at radius 2 is 2.16 bits per heavy atom. The predicted octanol–water partition coefficient (Wildman–Crippen LogP) is 1.45. The molecule has 0 saturated carbocycles. The van der Waals surface area contributed by atoms with E-state index in [1.54, 1.807) is 0 Å². The van der Waals surface area contributed by atoms with Gasteiger partial charge >= 0.3 is 0 Å². The van der Waals surface area contributed by atoms with Crippen LogP contribution in [0, 0.1) is 0 Å². The highest BCUT2D eigenvalue weighted by Crippen LogP contribution is 2.28. The zero-order valence-electron chi connectivity index (χ0n) is 11.2. The maximum Gasteiger partial charge on any atom is 0.258 e. The zero-order valence-corrected chi connectivity index (χ0v) is 12.0. The van der Waals surface area contributed by atoms with E-state index in [1.165, 1.54) is 11.5 Å². The molecule has 106 valence electrons. The van der Waals surface area contributed by atoms with Crippen molar-refractivity contribution in [1.82, 2.24) is 9.69 Å². The van der Waals surface area contributed by atoms with Gasteiger partial charge in [0.2, 0.25) is 0 Å². The van der Waals surface area contributed by atoms with Crippen molar-refractivity contribution >= 4 is 28.3 Å². The highest BCUT2D eigenvalue weighted by atomic mass is 32.1. The summed E-state index contributed by atoms with van der Waals surface area (Å²) in [6, 6.07) is 0.391. The van der Waals surface area contributed by atoms with Gasteiger partial charge in [-0.15, -0.1) is 0 Å². The van der Waals surface area contributed by atoms with Crippen LogP contribution in [0.5, 0.6) is 0 Å². The van der Waals surface area contributed by atoms with Gasteiger partial charge < -0.3 is 21.1 Å². The number of carbonyl (C=O) groups excluding carboxylic acids is 1. The minimum atomic E-state index is -0.171. The molecular formula is C12H20N4O2S. The first-order valence-electron chi connectivity index (χ1n) is 6.48. The summed E-state index contributed by atoms with van der Waals surface area (Å²) in [6.07, 6.45) is 1.87. The van der Waals surface area contributed by atoms with Gasteiger partial charge in [0.05, 0.1) is 0 Å². The van der Waals surface area contributed by atoms with Crippen LogP contribution in [0.1, 0.15) is 37.0 Å². The van der Waals surface area contributed by atoms with Crippen LogP contribution >= 0.6 is 11.5 Å². The van der Waals surface area contributed by atoms with E-state index in [0.29, 0.717) is 11.6 Å². The highest BCUT2D eigenvalue weighted by Gasteiger charge is 2.22. The van der Waals surface area contributed by atoms with Crippen LogP contribution in [0.4, 0.5) is 10.8 Å². The lowest BCUT2D eigenvalue weighted by Crippen LogP contribution is -2.32. The molecule has 0 atom stereocenters. The van der Waals surface area contributed by atoms with E-state index in [1.807, 2.05) is 13.8 Å².